The average Bonchev–Trinajstić information content (AvgIpc) is 2.54. The molecule has 1 aromatic carbocycles. The van der Waals surface area contributed by atoms with Gasteiger partial charge < -0.3 is 10.4 Å². The summed E-state index contributed by atoms with van der Waals surface area (Å²) in [6.07, 6.45) is 4.48. The number of hydrogen-bond acceptors (Lipinski definition) is 3. The van der Waals surface area contributed by atoms with Crippen LogP contribution in [0.3, 0.4) is 0 Å². The number of nitrogens with one attached hydrogen (secondary N) is 1. The summed E-state index contributed by atoms with van der Waals surface area (Å²) in [4.78, 5) is 16.3. The minimum Gasteiger partial charge on any atom is -0.392 e. The Labute approximate surface area is 131 Å². The molecule has 1 heterocycles. The molecule has 0 aliphatic carbocycles. The fourth-order valence-electron chi connectivity index (χ4n) is 2.44. The van der Waals surface area contributed by atoms with Gasteiger partial charge in [0.25, 0.3) is 0 Å². The lowest BCUT2D eigenvalue weighted by Crippen LogP contribution is -2.16. The van der Waals surface area contributed by atoms with Crippen LogP contribution in [0.1, 0.15) is 42.4 Å². The molecule has 0 spiro atoms. The third-order valence-electron chi connectivity index (χ3n) is 3.83. The first kappa shape index (κ1) is 16.2. The molecule has 116 valence electrons. The summed E-state index contributed by atoms with van der Waals surface area (Å²) >= 11 is 0. The van der Waals surface area contributed by atoms with Crippen LogP contribution in [-0.2, 0) is 11.4 Å². The van der Waals surface area contributed by atoms with Gasteiger partial charge in [0.05, 0.1) is 18.5 Å². The van der Waals surface area contributed by atoms with E-state index in [9.17, 15) is 9.90 Å². The van der Waals surface area contributed by atoms with Crippen molar-refractivity contribution in [2.75, 3.05) is 5.32 Å². The van der Waals surface area contributed by atoms with E-state index in [-0.39, 0.29) is 18.4 Å². The second-order valence-corrected chi connectivity index (χ2v) is 5.46. The highest BCUT2D eigenvalue weighted by Crippen LogP contribution is 2.24. The molecule has 1 unspecified atom stereocenters. The normalized spacial score (nSPS) is 12.0. The van der Waals surface area contributed by atoms with Crippen molar-refractivity contribution in [3.05, 3.63) is 59.4 Å². The lowest BCUT2D eigenvalue weighted by molar-refractivity contribution is -0.116. The van der Waals surface area contributed by atoms with Crippen molar-refractivity contribution in [3.8, 4) is 0 Å². The van der Waals surface area contributed by atoms with Crippen LogP contribution in [-0.4, -0.2) is 16.0 Å². The number of aliphatic hydroxyl groups is 1. The Morgan fingerprint density at radius 2 is 2.00 bits per heavy atom. The third-order valence-corrected chi connectivity index (χ3v) is 3.83. The second-order valence-electron chi connectivity index (χ2n) is 5.46. The molecule has 2 rings (SSSR count). The van der Waals surface area contributed by atoms with Crippen LogP contribution in [0, 0.1) is 6.92 Å². The van der Waals surface area contributed by atoms with Gasteiger partial charge in [-0.25, -0.2) is 0 Å². The van der Waals surface area contributed by atoms with E-state index in [0.717, 1.165) is 6.42 Å². The van der Waals surface area contributed by atoms with Crippen LogP contribution in [0.4, 0.5) is 5.69 Å². The van der Waals surface area contributed by atoms with Crippen molar-refractivity contribution < 1.29 is 9.90 Å². The summed E-state index contributed by atoms with van der Waals surface area (Å²) in [5, 5.41) is 12.1. The van der Waals surface area contributed by atoms with E-state index in [1.807, 2.05) is 0 Å². The van der Waals surface area contributed by atoms with Crippen LogP contribution in [0.25, 0.3) is 0 Å². The fourth-order valence-corrected chi connectivity index (χ4v) is 2.44. The molecular formula is C18H22N2O2. The number of amides is 1. The first-order chi connectivity index (χ1) is 10.6. The SMILES string of the molecule is CCC(CC(=O)Nc1cnccc1CO)c1ccc(C)cc1. The molecule has 0 aliphatic heterocycles. The van der Waals surface area contributed by atoms with Gasteiger partial charge in [0.15, 0.2) is 0 Å². The number of hydrogen-bond donors (Lipinski definition) is 2. The maximum atomic E-state index is 12.3. The van der Waals surface area contributed by atoms with Crippen molar-refractivity contribution in [1.29, 1.82) is 0 Å². The number of aliphatic hydroxyl groups excluding tert-OH is 1. The summed E-state index contributed by atoms with van der Waals surface area (Å²) in [7, 11) is 0. The lowest BCUT2D eigenvalue weighted by atomic mass is 9.92. The Kier molecular flexibility index (Phi) is 5.67. The van der Waals surface area contributed by atoms with Crippen LogP contribution in [0.5, 0.6) is 0 Å². The molecule has 0 fully saturated rings. The molecule has 0 radical (unpaired) electrons. The lowest BCUT2D eigenvalue weighted by Gasteiger charge is -2.16. The van der Waals surface area contributed by atoms with E-state index in [4.69, 9.17) is 0 Å². The van der Waals surface area contributed by atoms with Gasteiger partial charge in [-0.3, -0.25) is 9.78 Å². The molecule has 2 N–H and O–H groups in total. The van der Waals surface area contributed by atoms with Gasteiger partial charge >= 0.3 is 0 Å². The largest absolute Gasteiger partial charge is 0.392 e. The molecular weight excluding hydrogens is 276 g/mol. The number of carbonyl (C=O) groups is 1. The highest BCUT2D eigenvalue weighted by molar-refractivity contribution is 5.91. The first-order valence-electron chi connectivity index (χ1n) is 7.54. The maximum absolute atomic E-state index is 12.3. The molecule has 0 saturated heterocycles. The van der Waals surface area contributed by atoms with Gasteiger partial charge in [0, 0.05) is 18.2 Å². The van der Waals surface area contributed by atoms with E-state index in [2.05, 4.69) is 48.4 Å². The van der Waals surface area contributed by atoms with E-state index >= 15 is 0 Å². The minimum absolute atomic E-state index is 0.0601. The first-order valence-corrected chi connectivity index (χ1v) is 7.54. The van der Waals surface area contributed by atoms with Crippen molar-refractivity contribution in [3.63, 3.8) is 0 Å². The predicted octanol–water partition coefficient (Wildman–Crippen LogP) is 3.40. The summed E-state index contributed by atoms with van der Waals surface area (Å²) in [5.74, 6) is 0.130. The van der Waals surface area contributed by atoms with Gasteiger partial charge in [-0.1, -0.05) is 36.8 Å². The smallest absolute Gasteiger partial charge is 0.225 e. The quantitative estimate of drug-likeness (QED) is 0.859. The molecule has 1 amide bonds. The Hall–Kier alpha value is -2.20. The number of aryl methyl sites for hydroxylation is 1. The molecule has 0 bridgehead atoms. The Morgan fingerprint density at radius 3 is 2.64 bits per heavy atom. The number of rotatable bonds is 6. The van der Waals surface area contributed by atoms with Crippen LogP contribution in [0.15, 0.2) is 42.7 Å². The molecule has 4 heteroatoms. The summed E-state index contributed by atoms with van der Waals surface area (Å²) in [5.41, 5.74) is 3.64. The Morgan fingerprint density at radius 1 is 1.27 bits per heavy atom. The van der Waals surface area contributed by atoms with Gasteiger partial charge in [0.2, 0.25) is 5.91 Å². The van der Waals surface area contributed by atoms with Crippen LogP contribution in [0.2, 0.25) is 0 Å². The molecule has 0 aliphatic rings. The van der Waals surface area contributed by atoms with Crippen molar-refractivity contribution in [1.82, 2.24) is 4.98 Å². The molecule has 1 aromatic heterocycles. The number of aromatic nitrogens is 1. The van der Waals surface area contributed by atoms with Gasteiger partial charge in [0.1, 0.15) is 0 Å². The maximum Gasteiger partial charge on any atom is 0.225 e. The summed E-state index contributed by atoms with van der Waals surface area (Å²) in [6.45, 7) is 4.02. The molecule has 4 nitrogen and oxygen atoms in total. The van der Waals surface area contributed by atoms with Gasteiger partial charge in [-0.15, -0.1) is 0 Å². The van der Waals surface area contributed by atoms with E-state index < -0.39 is 0 Å². The van der Waals surface area contributed by atoms with Gasteiger partial charge in [-0.2, -0.15) is 0 Å². The zero-order valence-corrected chi connectivity index (χ0v) is 13.0. The van der Waals surface area contributed by atoms with E-state index in [1.54, 1.807) is 18.5 Å². The highest BCUT2D eigenvalue weighted by atomic mass is 16.3. The highest BCUT2D eigenvalue weighted by Gasteiger charge is 2.15. The zero-order chi connectivity index (χ0) is 15.9. The number of pyridine rings is 1. The Balaban J connectivity index is 2.05. The van der Waals surface area contributed by atoms with Gasteiger partial charge in [-0.05, 0) is 30.9 Å². The number of nitrogens with zero attached hydrogens (tertiary/aromatic N) is 1. The van der Waals surface area contributed by atoms with Crippen LogP contribution < -0.4 is 5.32 Å². The van der Waals surface area contributed by atoms with Crippen molar-refractivity contribution >= 4 is 11.6 Å². The summed E-state index contributed by atoms with van der Waals surface area (Å²) in [6, 6.07) is 10.0. The molecule has 2 aromatic rings. The molecule has 0 saturated carbocycles. The monoisotopic (exact) mass is 298 g/mol. The fraction of sp³-hybridized carbons (Fsp3) is 0.333. The number of benzene rings is 1. The second kappa shape index (κ2) is 7.71. The molecule has 22 heavy (non-hydrogen) atoms. The van der Waals surface area contributed by atoms with E-state index in [0.29, 0.717) is 17.7 Å². The predicted molar refractivity (Wildman–Crippen MR) is 87.6 cm³/mol. The minimum atomic E-state index is -0.118. The zero-order valence-electron chi connectivity index (χ0n) is 13.0. The molecule has 1 atom stereocenters. The van der Waals surface area contributed by atoms with Crippen LogP contribution >= 0.6 is 0 Å². The third kappa shape index (κ3) is 4.15. The van der Waals surface area contributed by atoms with Crippen molar-refractivity contribution in [2.45, 2.75) is 39.2 Å². The van der Waals surface area contributed by atoms with Crippen molar-refractivity contribution in [2.24, 2.45) is 0 Å². The number of anilines is 1. The Bertz CT molecular complexity index is 623. The standard InChI is InChI=1S/C18H22N2O2/c1-3-14(15-6-4-13(2)5-7-15)10-18(22)20-17-11-19-9-8-16(17)12-21/h4-9,11,14,21H,3,10,12H2,1-2H3,(H,20,22). The number of carbonyl (C=O) groups excluding carboxylic acids is 1. The summed E-state index contributed by atoms with van der Waals surface area (Å²) < 4.78 is 0. The topological polar surface area (TPSA) is 62.2 Å². The average molecular weight is 298 g/mol. The van der Waals surface area contributed by atoms with E-state index in [1.165, 1.54) is 11.1 Å².